The molecule has 0 saturated heterocycles. The van der Waals surface area contributed by atoms with E-state index < -0.39 is 24.6 Å². The number of nitrogens with zero attached hydrogens (tertiary/aromatic N) is 3. The Labute approximate surface area is 101 Å². The lowest BCUT2D eigenvalue weighted by Gasteiger charge is -2.16. The molecule has 6 nitrogen and oxygen atoms in total. The van der Waals surface area contributed by atoms with Gasteiger partial charge in [0, 0.05) is 26.6 Å². The molecule has 1 heterocycles. The van der Waals surface area contributed by atoms with E-state index in [2.05, 4.69) is 15.4 Å². The highest BCUT2D eigenvalue weighted by atomic mass is 19.4. The van der Waals surface area contributed by atoms with Gasteiger partial charge >= 0.3 is 12.1 Å². The maximum absolute atomic E-state index is 12.3. The van der Waals surface area contributed by atoms with Crippen LogP contribution < -0.4 is 5.32 Å². The summed E-state index contributed by atoms with van der Waals surface area (Å²) >= 11 is 0. The fraction of sp³-hybridized carbons (Fsp3) is 0.667. The number of aryl methyl sites for hydroxylation is 1. The van der Waals surface area contributed by atoms with E-state index in [1.807, 2.05) is 0 Å². The maximum atomic E-state index is 12.3. The van der Waals surface area contributed by atoms with Gasteiger partial charge < -0.3 is 10.4 Å². The predicted octanol–water partition coefficient (Wildman–Crippen LogP) is 0.210. The fourth-order valence-electron chi connectivity index (χ4n) is 1.29. The molecule has 18 heavy (non-hydrogen) atoms. The lowest BCUT2D eigenvalue weighted by molar-refractivity contribution is -0.192. The van der Waals surface area contributed by atoms with Crippen molar-refractivity contribution in [3.05, 3.63) is 12.2 Å². The smallest absolute Gasteiger partial charge is 0.403 e. The summed E-state index contributed by atoms with van der Waals surface area (Å²) in [6.07, 6.45) is -2.93. The Morgan fingerprint density at radius 3 is 2.72 bits per heavy atom. The quantitative estimate of drug-likeness (QED) is 0.719. The van der Waals surface area contributed by atoms with E-state index in [0.29, 0.717) is 12.2 Å². The Hall–Kier alpha value is -1.64. The van der Waals surface area contributed by atoms with Crippen molar-refractivity contribution in [1.29, 1.82) is 0 Å². The van der Waals surface area contributed by atoms with Crippen molar-refractivity contribution in [2.45, 2.75) is 12.6 Å². The standard InChI is InChI=1S/C9H13F3N4O2/c1-16-5-14-7(15-16)2-3-13-4-6(8(17)18)9(10,11)12/h5-6,13H,2-4H2,1H3,(H,17,18). The van der Waals surface area contributed by atoms with Gasteiger partial charge in [0.05, 0.1) is 0 Å². The largest absolute Gasteiger partial charge is 0.481 e. The van der Waals surface area contributed by atoms with Crippen molar-refractivity contribution in [1.82, 2.24) is 20.1 Å². The van der Waals surface area contributed by atoms with Gasteiger partial charge in [0.1, 0.15) is 6.33 Å². The molecule has 0 spiro atoms. The first kappa shape index (κ1) is 14.4. The van der Waals surface area contributed by atoms with E-state index in [1.54, 1.807) is 7.05 Å². The molecule has 0 aromatic carbocycles. The minimum atomic E-state index is -4.75. The topological polar surface area (TPSA) is 80.0 Å². The Morgan fingerprint density at radius 2 is 2.28 bits per heavy atom. The van der Waals surface area contributed by atoms with Crippen LogP contribution in [0.3, 0.4) is 0 Å². The van der Waals surface area contributed by atoms with Crippen LogP contribution in [0.4, 0.5) is 13.2 Å². The third-order valence-electron chi connectivity index (χ3n) is 2.21. The van der Waals surface area contributed by atoms with Gasteiger partial charge in [-0.1, -0.05) is 0 Å². The molecule has 0 saturated carbocycles. The highest BCUT2D eigenvalue weighted by molar-refractivity contribution is 5.71. The van der Waals surface area contributed by atoms with Crippen LogP contribution in [0.5, 0.6) is 0 Å². The number of aromatic nitrogens is 3. The molecule has 0 aliphatic heterocycles. The van der Waals surface area contributed by atoms with Crippen molar-refractivity contribution in [2.75, 3.05) is 13.1 Å². The predicted molar refractivity (Wildman–Crippen MR) is 54.8 cm³/mol. The summed E-state index contributed by atoms with van der Waals surface area (Å²) < 4.78 is 38.3. The molecular formula is C9H13F3N4O2. The van der Waals surface area contributed by atoms with Gasteiger partial charge in [-0.05, 0) is 0 Å². The minimum absolute atomic E-state index is 0.184. The van der Waals surface area contributed by atoms with E-state index >= 15 is 0 Å². The summed E-state index contributed by atoms with van der Waals surface area (Å²) in [7, 11) is 1.67. The monoisotopic (exact) mass is 266 g/mol. The summed E-state index contributed by atoms with van der Waals surface area (Å²) in [4.78, 5) is 14.3. The van der Waals surface area contributed by atoms with E-state index in [9.17, 15) is 18.0 Å². The molecule has 0 aliphatic rings. The van der Waals surface area contributed by atoms with Crippen LogP contribution in [-0.2, 0) is 18.3 Å². The SMILES string of the molecule is Cn1cnc(CCNCC(C(=O)O)C(F)(F)F)n1. The summed E-state index contributed by atoms with van der Waals surface area (Å²) in [5.41, 5.74) is 0. The highest BCUT2D eigenvalue weighted by Crippen LogP contribution is 2.25. The molecule has 0 amide bonds. The van der Waals surface area contributed by atoms with Crippen LogP contribution >= 0.6 is 0 Å². The molecular weight excluding hydrogens is 253 g/mol. The summed E-state index contributed by atoms with van der Waals surface area (Å²) in [5, 5.41) is 14.8. The molecule has 1 rings (SSSR count). The number of carboxylic acid groups (broad SMARTS) is 1. The molecule has 0 radical (unpaired) electrons. The van der Waals surface area contributed by atoms with Crippen molar-refractivity contribution in [2.24, 2.45) is 13.0 Å². The molecule has 0 bridgehead atoms. The van der Waals surface area contributed by atoms with Gasteiger partial charge in [-0.3, -0.25) is 9.48 Å². The molecule has 102 valence electrons. The first-order chi connectivity index (χ1) is 8.30. The van der Waals surface area contributed by atoms with Crippen LogP contribution in [0.1, 0.15) is 5.82 Å². The normalized spacial score (nSPS) is 13.6. The van der Waals surface area contributed by atoms with Crippen molar-refractivity contribution in [3.63, 3.8) is 0 Å². The van der Waals surface area contributed by atoms with Crippen molar-refractivity contribution in [3.8, 4) is 0 Å². The van der Waals surface area contributed by atoms with E-state index in [0.717, 1.165) is 0 Å². The van der Waals surface area contributed by atoms with Crippen LogP contribution in [0.25, 0.3) is 0 Å². The van der Waals surface area contributed by atoms with Crippen LogP contribution in [0.2, 0.25) is 0 Å². The number of hydrogen-bond donors (Lipinski definition) is 2. The van der Waals surface area contributed by atoms with Gasteiger partial charge in [0.15, 0.2) is 11.7 Å². The molecule has 1 unspecified atom stereocenters. The van der Waals surface area contributed by atoms with Gasteiger partial charge in [-0.25, -0.2) is 4.98 Å². The average molecular weight is 266 g/mol. The minimum Gasteiger partial charge on any atom is -0.481 e. The second kappa shape index (κ2) is 5.80. The Bertz CT molecular complexity index is 405. The number of halogens is 3. The van der Waals surface area contributed by atoms with Gasteiger partial charge in [-0.15, -0.1) is 0 Å². The summed E-state index contributed by atoms with van der Waals surface area (Å²) in [5.74, 6) is -3.79. The zero-order valence-electron chi connectivity index (χ0n) is 9.61. The molecule has 0 fully saturated rings. The molecule has 9 heteroatoms. The molecule has 1 aromatic heterocycles. The van der Waals surface area contributed by atoms with Crippen LogP contribution in [-0.4, -0.2) is 45.1 Å². The van der Waals surface area contributed by atoms with Crippen LogP contribution in [0.15, 0.2) is 6.33 Å². The first-order valence-corrected chi connectivity index (χ1v) is 5.15. The maximum Gasteiger partial charge on any atom is 0.403 e. The third-order valence-corrected chi connectivity index (χ3v) is 2.21. The van der Waals surface area contributed by atoms with Gasteiger partial charge in [0.2, 0.25) is 0 Å². The number of hydrogen-bond acceptors (Lipinski definition) is 4. The van der Waals surface area contributed by atoms with Crippen molar-refractivity contribution >= 4 is 5.97 Å². The number of alkyl halides is 3. The Morgan fingerprint density at radius 1 is 1.61 bits per heavy atom. The van der Waals surface area contributed by atoms with E-state index in [-0.39, 0.29) is 6.54 Å². The van der Waals surface area contributed by atoms with E-state index in [4.69, 9.17) is 5.11 Å². The van der Waals surface area contributed by atoms with Gasteiger partial charge in [0.25, 0.3) is 0 Å². The zero-order valence-corrected chi connectivity index (χ0v) is 9.61. The third kappa shape index (κ3) is 4.32. The Kier molecular flexibility index (Phi) is 4.65. The summed E-state index contributed by atoms with van der Waals surface area (Å²) in [6.45, 7) is -0.477. The number of rotatable bonds is 6. The lowest BCUT2D eigenvalue weighted by atomic mass is 10.1. The number of aliphatic carboxylic acids is 1. The highest BCUT2D eigenvalue weighted by Gasteiger charge is 2.44. The van der Waals surface area contributed by atoms with Crippen LogP contribution in [0, 0.1) is 5.92 Å². The molecule has 1 aromatic rings. The lowest BCUT2D eigenvalue weighted by Crippen LogP contribution is -2.39. The molecule has 1 atom stereocenters. The average Bonchev–Trinajstić information content (AvgIpc) is 2.61. The first-order valence-electron chi connectivity index (χ1n) is 5.15. The molecule has 0 aliphatic carbocycles. The second-order valence-corrected chi connectivity index (χ2v) is 3.72. The van der Waals surface area contributed by atoms with Gasteiger partial charge in [-0.2, -0.15) is 18.3 Å². The zero-order chi connectivity index (χ0) is 13.8. The number of carboxylic acids is 1. The number of nitrogens with one attached hydrogen (secondary N) is 1. The van der Waals surface area contributed by atoms with Crippen molar-refractivity contribution < 1.29 is 23.1 Å². The molecule has 2 N–H and O–H groups in total. The Balaban J connectivity index is 2.34. The number of carbonyl (C=O) groups is 1. The summed E-state index contributed by atoms with van der Waals surface area (Å²) in [6, 6.07) is 0. The van der Waals surface area contributed by atoms with E-state index in [1.165, 1.54) is 11.0 Å². The second-order valence-electron chi connectivity index (χ2n) is 3.72. The fourth-order valence-corrected chi connectivity index (χ4v) is 1.29.